The van der Waals surface area contributed by atoms with E-state index in [1.54, 1.807) is 6.92 Å². The molecule has 2 heterocycles. The first kappa shape index (κ1) is 25.7. The largest absolute Gasteiger partial charge is 0.300 e. The molecular formula is C26H35N3O5. The van der Waals surface area contributed by atoms with Crippen molar-refractivity contribution in [3.8, 4) is 0 Å². The lowest BCUT2D eigenvalue weighted by Crippen LogP contribution is -2.38. The maximum Gasteiger partial charge on any atom is 0.261 e. The van der Waals surface area contributed by atoms with E-state index in [-0.39, 0.29) is 18.2 Å². The maximum absolute atomic E-state index is 13.0. The number of imide groups is 2. The molecule has 4 rings (SSSR count). The fourth-order valence-corrected chi connectivity index (χ4v) is 4.91. The molecule has 34 heavy (non-hydrogen) atoms. The van der Waals surface area contributed by atoms with Crippen molar-refractivity contribution in [1.82, 2.24) is 15.1 Å². The van der Waals surface area contributed by atoms with Crippen molar-refractivity contribution in [2.24, 2.45) is 5.92 Å². The minimum Gasteiger partial charge on any atom is -0.300 e. The van der Waals surface area contributed by atoms with Crippen LogP contribution in [0.1, 0.15) is 97.6 Å². The highest BCUT2D eigenvalue weighted by Gasteiger charge is 2.40. The highest BCUT2D eigenvalue weighted by atomic mass is 16.2. The Morgan fingerprint density at radius 1 is 1.06 bits per heavy atom. The molecule has 1 N–H and O–H groups in total. The molecule has 1 atom stereocenters. The van der Waals surface area contributed by atoms with Crippen LogP contribution in [0.15, 0.2) is 12.1 Å². The van der Waals surface area contributed by atoms with E-state index in [0.29, 0.717) is 48.5 Å². The second-order valence-electron chi connectivity index (χ2n) is 9.58. The summed E-state index contributed by atoms with van der Waals surface area (Å²) in [7, 11) is 0. The van der Waals surface area contributed by atoms with Crippen LogP contribution >= 0.6 is 0 Å². The molecule has 2 aliphatic heterocycles. The standard InChI is InChI=1S/C23H27N3O5.C3H8/c1-14(2-7-21(29)24-13-27)26-22(30)19-8-16-11-25(10-15-3-5-18(28)6-4-15)12-17(16)9-20(19)23(26)31;1-3-2/h8-9,13-15H,2-7,10-12H2,1H3,(H,24,27,29);3H2,1-2H3. The fraction of sp³-hybridized carbons (Fsp3) is 0.577. The van der Waals surface area contributed by atoms with Gasteiger partial charge in [-0.3, -0.25) is 39.1 Å². The van der Waals surface area contributed by atoms with Gasteiger partial charge in [0.05, 0.1) is 11.1 Å². The van der Waals surface area contributed by atoms with Gasteiger partial charge in [0, 0.05) is 44.9 Å². The first-order valence-electron chi connectivity index (χ1n) is 12.3. The molecule has 0 saturated heterocycles. The number of Topliss-reactive ketones (excluding diaryl/α,β-unsaturated/α-hetero) is 1. The maximum atomic E-state index is 13.0. The zero-order chi connectivity index (χ0) is 24.8. The predicted molar refractivity (Wildman–Crippen MR) is 127 cm³/mol. The number of carbonyl (C=O) groups excluding carboxylic acids is 5. The molecule has 1 aliphatic carbocycles. The number of benzene rings is 1. The third kappa shape index (κ3) is 5.78. The number of amides is 4. The monoisotopic (exact) mass is 469 g/mol. The van der Waals surface area contributed by atoms with E-state index >= 15 is 0 Å². The summed E-state index contributed by atoms with van der Waals surface area (Å²) >= 11 is 0. The normalized spacial score (nSPS) is 18.8. The molecule has 0 aromatic heterocycles. The van der Waals surface area contributed by atoms with Gasteiger partial charge in [0.2, 0.25) is 12.3 Å². The highest BCUT2D eigenvalue weighted by Crippen LogP contribution is 2.34. The second-order valence-corrected chi connectivity index (χ2v) is 9.58. The van der Waals surface area contributed by atoms with Gasteiger partial charge in [-0.05, 0) is 55.4 Å². The summed E-state index contributed by atoms with van der Waals surface area (Å²) < 4.78 is 0. The summed E-state index contributed by atoms with van der Waals surface area (Å²) in [6.07, 6.45) is 5.16. The van der Waals surface area contributed by atoms with Crippen LogP contribution in [0.4, 0.5) is 0 Å². The van der Waals surface area contributed by atoms with Crippen molar-refractivity contribution >= 4 is 29.9 Å². The molecule has 4 amide bonds. The van der Waals surface area contributed by atoms with E-state index in [1.165, 1.54) is 11.3 Å². The Labute approximate surface area is 201 Å². The summed E-state index contributed by atoms with van der Waals surface area (Å²) in [6.45, 7) is 8.41. The average molecular weight is 470 g/mol. The number of carbonyl (C=O) groups is 5. The van der Waals surface area contributed by atoms with Gasteiger partial charge < -0.3 is 0 Å². The number of nitrogens with zero attached hydrogens (tertiary/aromatic N) is 2. The number of nitrogens with one attached hydrogen (secondary N) is 1. The minimum atomic E-state index is -0.440. The van der Waals surface area contributed by atoms with Crippen molar-refractivity contribution in [2.75, 3.05) is 6.54 Å². The third-order valence-electron chi connectivity index (χ3n) is 6.66. The van der Waals surface area contributed by atoms with Gasteiger partial charge in [-0.2, -0.15) is 0 Å². The molecule has 1 aromatic rings. The van der Waals surface area contributed by atoms with Crippen LogP contribution < -0.4 is 5.32 Å². The number of fused-ring (bicyclic) bond motifs is 2. The molecule has 8 heteroatoms. The number of hydrogen-bond donors (Lipinski definition) is 1. The molecule has 3 aliphatic rings. The zero-order valence-corrected chi connectivity index (χ0v) is 20.4. The zero-order valence-electron chi connectivity index (χ0n) is 20.4. The summed E-state index contributed by atoms with van der Waals surface area (Å²) in [5, 5.41) is 2.07. The van der Waals surface area contributed by atoms with Gasteiger partial charge in [-0.25, -0.2) is 0 Å². The van der Waals surface area contributed by atoms with Crippen LogP contribution in [0, 0.1) is 5.92 Å². The van der Waals surface area contributed by atoms with Crippen molar-refractivity contribution in [2.45, 2.75) is 84.8 Å². The number of rotatable bonds is 7. The van der Waals surface area contributed by atoms with Gasteiger partial charge >= 0.3 is 0 Å². The molecule has 1 saturated carbocycles. The molecule has 1 unspecified atom stereocenters. The van der Waals surface area contributed by atoms with Crippen LogP contribution in [0.25, 0.3) is 0 Å². The molecule has 0 bridgehead atoms. The highest BCUT2D eigenvalue weighted by molar-refractivity contribution is 6.21. The lowest BCUT2D eigenvalue weighted by Gasteiger charge is -2.26. The van der Waals surface area contributed by atoms with Gasteiger partial charge in [0.1, 0.15) is 5.78 Å². The molecule has 1 aromatic carbocycles. The van der Waals surface area contributed by atoms with E-state index in [4.69, 9.17) is 0 Å². The van der Waals surface area contributed by atoms with Crippen molar-refractivity contribution < 1.29 is 24.0 Å². The summed E-state index contributed by atoms with van der Waals surface area (Å²) in [4.78, 5) is 62.8. The molecule has 8 nitrogen and oxygen atoms in total. The Morgan fingerprint density at radius 3 is 2.09 bits per heavy atom. The van der Waals surface area contributed by atoms with E-state index in [9.17, 15) is 24.0 Å². The Bertz CT molecular complexity index is 918. The molecule has 1 fully saturated rings. The van der Waals surface area contributed by atoms with Gasteiger partial charge in [-0.15, -0.1) is 0 Å². The fourth-order valence-electron chi connectivity index (χ4n) is 4.91. The number of hydrogen-bond acceptors (Lipinski definition) is 6. The predicted octanol–water partition coefficient (Wildman–Crippen LogP) is 3.22. The van der Waals surface area contributed by atoms with Crippen LogP contribution in [0.3, 0.4) is 0 Å². The smallest absolute Gasteiger partial charge is 0.261 e. The summed E-state index contributed by atoms with van der Waals surface area (Å²) in [6, 6.07) is 3.26. The second kappa shape index (κ2) is 11.5. The van der Waals surface area contributed by atoms with Crippen LogP contribution in [-0.2, 0) is 27.5 Å². The Morgan fingerprint density at radius 2 is 1.59 bits per heavy atom. The van der Waals surface area contributed by atoms with Crippen LogP contribution in [0.5, 0.6) is 0 Å². The van der Waals surface area contributed by atoms with Crippen LogP contribution in [-0.4, -0.2) is 52.3 Å². The number of ketones is 1. The van der Waals surface area contributed by atoms with E-state index in [2.05, 4.69) is 24.1 Å². The lowest BCUT2D eigenvalue weighted by atomic mass is 9.88. The summed E-state index contributed by atoms with van der Waals surface area (Å²) in [5.74, 6) is -0.196. The van der Waals surface area contributed by atoms with Crippen LogP contribution in [0.2, 0.25) is 0 Å². The topological polar surface area (TPSA) is 104 Å². The van der Waals surface area contributed by atoms with E-state index in [1.807, 2.05) is 12.1 Å². The van der Waals surface area contributed by atoms with Gasteiger partial charge in [0.25, 0.3) is 11.8 Å². The summed E-state index contributed by atoms with van der Waals surface area (Å²) in [5.41, 5.74) is 3.01. The Kier molecular flexibility index (Phi) is 8.72. The minimum absolute atomic E-state index is 0.0610. The SMILES string of the molecule is CC(CCC(=O)NC=O)N1C(=O)c2cc3c(cc2C1=O)CN(CC1CCC(=O)CC1)C3.CCC. The third-order valence-corrected chi connectivity index (χ3v) is 6.66. The lowest BCUT2D eigenvalue weighted by molar-refractivity contribution is -0.125. The quantitative estimate of drug-likeness (QED) is 0.486. The first-order valence-corrected chi connectivity index (χ1v) is 12.3. The van der Waals surface area contributed by atoms with Crippen molar-refractivity contribution in [3.05, 3.63) is 34.4 Å². The molecule has 0 radical (unpaired) electrons. The molecule has 184 valence electrons. The van der Waals surface area contributed by atoms with Crippen molar-refractivity contribution in [3.63, 3.8) is 0 Å². The van der Waals surface area contributed by atoms with E-state index in [0.717, 1.165) is 43.6 Å². The average Bonchev–Trinajstić information content (AvgIpc) is 3.30. The Balaban J connectivity index is 0.00000103. The molecular weight excluding hydrogens is 434 g/mol. The molecule has 0 spiro atoms. The van der Waals surface area contributed by atoms with Gasteiger partial charge in [0.15, 0.2) is 0 Å². The first-order chi connectivity index (χ1) is 16.3. The Hall–Kier alpha value is -2.87. The van der Waals surface area contributed by atoms with Gasteiger partial charge in [-0.1, -0.05) is 20.3 Å². The van der Waals surface area contributed by atoms with E-state index < -0.39 is 11.9 Å². The van der Waals surface area contributed by atoms with Crippen molar-refractivity contribution in [1.29, 1.82) is 0 Å².